The summed E-state index contributed by atoms with van der Waals surface area (Å²) in [5.41, 5.74) is 1.26. The zero-order valence-electron chi connectivity index (χ0n) is 26.0. The van der Waals surface area contributed by atoms with Crippen LogP contribution in [0.4, 0.5) is 4.79 Å². The van der Waals surface area contributed by atoms with Crippen molar-refractivity contribution in [2.45, 2.75) is 70.5 Å². The van der Waals surface area contributed by atoms with E-state index in [-0.39, 0.29) is 87.5 Å². The van der Waals surface area contributed by atoms with Gasteiger partial charge in [-0.3, -0.25) is 24.0 Å². The van der Waals surface area contributed by atoms with E-state index in [2.05, 4.69) is 10.3 Å². The number of Topliss-reactive ketones (excluding diaryl/α,β-unsaturated/α-hetero) is 1. The summed E-state index contributed by atoms with van der Waals surface area (Å²) in [7, 11) is 0. The minimum atomic E-state index is -1.16. The molecule has 2 N–H and O–H groups in total. The van der Waals surface area contributed by atoms with Gasteiger partial charge in [-0.05, 0) is 50.8 Å². The number of nitrogens with zero attached hydrogens (tertiary/aromatic N) is 4. The van der Waals surface area contributed by atoms with Crippen LogP contribution in [0.25, 0.3) is 10.9 Å². The molecule has 3 fully saturated rings. The Bertz CT molecular complexity index is 1520. The minimum Gasteiger partial charge on any atom is -0.483 e. The summed E-state index contributed by atoms with van der Waals surface area (Å²) < 4.78 is 11.0. The van der Waals surface area contributed by atoms with Gasteiger partial charge in [0.25, 0.3) is 11.8 Å². The van der Waals surface area contributed by atoms with E-state index < -0.39 is 29.9 Å². The van der Waals surface area contributed by atoms with Crippen LogP contribution >= 0.6 is 0 Å². The Morgan fingerprint density at radius 2 is 1.70 bits per heavy atom. The lowest BCUT2D eigenvalue weighted by Gasteiger charge is -2.35. The number of aliphatic carboxylic acids is 1. The van der Waals surface area contributed by atoms with Gasteiger partial charge in [-0.1, -0.05) is 6.07 Å². The van der Waals surface area contributed by atoms with Crippen molar-refractivity contribution < 1.29 is 43.3 Å². The Kier molecular flexibility index (Phi) is 10.0. The van der Waals surface area contributed by atoms with Gasteiger partial charge in [-0.25, -0.2) is 9.78 Å². The molecule has 1 aromatic carbocycles. The highest BCUT2D eigenvalue weighted by Gasteiger charge is 2.42. The Balaban J connectivity index is 1.32. The van der Waals surface area contributed by atoms with Crippen LogP contribution in [0, 0.1) is 6.92 Å². The average molecular weight is 638 g/mol. The Hall–Kier alpha value is -4.75. The van der Waals surface area contributed by atoms with E-state index in [0.717, 1.165) is 18.4 Å². The fourth-order valence-electron chi connectivity index (χ4n) is 6.44. The SMILES string of the molecule is CCOC(=O)N1CCN(C(=O)[C@H](CCC(=O)O)NC(=O)c2cc(OCC(=O)N3[C@@H]4CC[C@H]3CC(=O)C4)c3ccc(C)cc3n2)CC1. The molecule has 2 bridgehead atoms. The second kappa shape index (κ2) is 14.1. The maximum atomic E-state index is 13.6. The number of fused-ring (bicyclic) bond motifs is 3. The maximum absolute atomic E-state index is 13.6. The summed E-state index contributed by atoms with van der Waals surface area (Å²) in [4.78, 5) is 85.0. The van der Waals surface area contributed by atoms with Crippen LogP contribution in [0.5, 0.6) is 5.75 Å². The second-order valence-electron chi connectivity index (χ2n) is 11.9. The molecule has 3 aliphatic heterocycles. The van der Waals surface area contributed by atoms with Gasteiger partial charge in [0.05, 0.1) is 12.1 Å². The molecule has 3 atom stereocenters. The van der Waals surface area contributed by atoms with Gasteiger partial charge in [0.15, 0.2) is 6.61 Å². The molecule has 2 aromatic rings. The van der Waals surface area contributed by atoms with Crippen molar-refractivity contribution in [3.63, 3.8) is 0 Å². The number of piperidine rings is 1. The fourth-order valence-corrected chi connectivity index (χ4v) is 6.44. The minimum absolute atomic E-state index is 0.0653. The van der Waals surface area contributed by atoms with Crippen molar-refractivity contribution in [3.8, 4) is 5.75 Å². The number of benzene rings is 1. The predicted molar refractivity (Wildman–Crippen MR) is 163 cm³/mol. The summed E-state index contributed by atoms with van der Waals surface area (Å²) in [6.07, 6.45) is 1.30. The van der Waals surface area contributed by atoms with Crippen LogP contribution < -0.4 is 10.1 Å². The quantitative estimate of drug-likeness (QED) is 0.391. The molecule has 14 nitrogen and oxygen atoms in total. The molecule has 0 unspecified atom stereocenters. The number of carbonyl (C=O) groups excluding carboxylic acids is 5. The van der Waals surface area contributed by atoms with Gasteiger partial charge in [-0.2, -0.15) is 0 Å². The summed E-state index contributed by atoms with van der Waals surface area (Å²) >= 11 is 0. The topological polar surface area (TPSA) is 176 Å². The van der Waals surface area contributed by atoms with Gasteiger partial charge >= 0.3 is 12.1 Å². The third kappa shape index (κ3) is 7.37. The van der Waals surface area contributed by atoms with Crippen LogP contribution in [0.3, 0.4) is 0 Å². The molecule has 14 heteroatoms. The van der Waals surface area contributed by atoms with Crippen molar-refractivity contribution in [3.05, 3.63) is 35.5 Å². The third-order valence-corrected chi connectivity index (χ3v) is 8.71. The van der Waals surface area contributed by atoms with Gasteiger partial charge in [0.2, 0.25) is 5.91 Å². The predicted octanol–water partition coefficient (Wildman–Crippen LogP) is 1.91. The lowest BCUT2D eigenvalue weighted by atomic mass is 10.0. The summed E-state index contributed by atoms with van der Waals surface area (Å²) in [6, 6.07) is 5.44. The van der Waals surface area contributed by atoms with Crippen molar-refractivity contribution >= 4 is 46.5 Å². The Morgan fingerprint density at radius 3 is 2.35 bits per heavy atom. The van der Waals surface area contributed by atoms with Crippen LogP contribution in [0.15, 0.2) is 24.3 Å². The zero-order chi connectivity index (χ0) is 33.0. The summed E-state index contributed by atoms with van der Waals surface area (Å²) in [6.45, 7) is 4.40. The smallest absolute Gasteiger partial charge is 0.409 e. The number of aryl methyl sites for hydroxylation is 1. The van der Waals surface area contributed by atoms with E-state index in [4.69, 9.17) is 9.47 Å². The van der Waals surface area contributed by atoms with Crippen LogP contribution in [-0.2, 0) is 23.9 Å². The zero-order valence-corrected chi connectivity index (χ0v) is 26.0. The molecule has 0 spiro atoms. The number of rotatable bonds is 10. The Labute approximate surface area is 266 Å². The number of ketones is 1. The number of aromatic nitrogens is 1. The van der Waals surface area contributed by atoms with Gasteiger partial charge in [0.1, 0.15) is 23.3 Å². The van der Waals surface area contributed by atoms with Crippen molar-refractivity contribution in [2.75, 3.05) is 39.4 Å². The van der Waals surface area contributed by atoms with E-state index in [9.17, 15) is 33.9 Å². The fraction of sp³-hybridized carbons (Fsp3) is 0.531. The molecule has 4 heterocycles. The van der Waals surface area contributed by atoms with Crippen molar-refractivity contribution in [1.82, 2.24) is 25.0 Å². The molecule has 246 valence electrons. The standard InChI is InChI=1S/C32H39N5O9/c1-3-45-32(44)36-12-10-35(11-13-36)31(43)24(8-9-29(40)41)34-30(42)26-17-27(23-7-4-19(2)14-25(23)33-26)46-18-28(39)37-20-5-6-21(37)16-22(38)15-20/h4,7,14,17,20-21,24H,3,5-6,8-13,15-16,18H2,1-2H3,(H,34,42)(H,40,41)/t20-,21+,24-/m0/s1. The first-order chi connectivity index (χ1) is 22.0. The molecule has 0 radical (unpaired) electrons. The highest BCUT2D eigenvalue weighted by molar-refractivity contribution is 5.99. The molecule has 46 heavy (non-hydrogen) atoms. The summed E-state index contributed by atoms with van der Waals surface area (Å²) in [5.74, 6) is -2.10. The highest BCUT2D eigenvalue weighted by Crippen LogP contribution is 2.34. The molecule has 4 amide bonds. The first-order valence-electron chi connectivity index (χ1n) is 15.6. The Morgan fingerprint density at radius 1 is 1.02 bits per heavy atom. The van der Waals surface area contributed by atoms with E-state index in [1.807, 2.05) is 13.0 Å². The number of amides is 4. The van der Waals surface area contributed by atoms with Crippen LogP contribution in [0.1, 0.15) is 61.5 Å². The van der Waals surface area contributed by atoms with Crippen LogP contribution in [-0.4, -0.2) is 118 Å². The number of nitrogens with one attached hydrogen (secondary N) is 1. The molecule has 3 aliphatic rings. The highest BCUT2D eigenvalue weighted by atomic mass is 16.6. The number of carbonyl (C=O) groups is 6. The average Bonchev–Trinajstić information content (AvgIpc) is 3.31. The number of carboxylic acid groups (broad SMARTS) is 1. The second-order valence-corrected chi connectivity index (χ2v) is 11.9. The lowest BCUT2D eigenvalue weighted by Crippen LogP contribution is -2.56. The molecule has 0 saturated carbocycles. The van der Waals surface area contributed by atoms with E-state index >= 15 is 0 Å². The largest absolute Gasteiger partial charge is 0.483 e. The van der Waals surface area contributed by atoms with Crippen molar-refractivity contribution in [1.29, 1.82) is 0 Å². The molecule has 1 aromatic heterocycles. The van der Waals surface area contributed by atoms with Gasteiger partial charge in [0, 0.05) is 69.0 Å². The van der Waals surface area contributed by atoms with E-state index in [1.165, 1.54) is 15.9 Å². The number of carboxylic acids is 1. The lowest BCUT2D eigenvalue weighted by molar-refractivity contribution is -0.141. The molecule has 0 aliphatic carbocycles. The number of hydrogen-bond acceptors (Lipinski definition) is 9. The van der Waals surface area contributed by atoms with Gasteiger partial charge < -0.3 is 34.6 Å². The number of pyridine rings is 1. The molecular formula is C32H39N5O9. The van der Waals surface area contributed by atoms with E-state index in [1.54, 1.807) is 24.0 Å². The first-order valence-corrected chi connectivity index (χ1v) is 15.6. The molecular weight excluding hydrogens is 598 g/mol. The maximum Gasteiger partial charge on any atom is 0.409 e. The third-order valence-electron chi connectivity index (χ3n) is 8.71. The first kappa shape index (κ1) is 32.6. The van der Waals surface area contributed by atoms with Crippen molar-refractivity contribution in [2.24, 2.45) is 0 Å². The molecule has 5 rings (SSSR count). The number of piperazine rings is 1. The monoisotopic (exact) mass is 637 g/mol. The summed E-state index contributed by atoms with van der Waals surface area (Å²) in [5, 5.41) is 12.6. The normalized spacial score (nSPS) is 20.0. The number of ether oxygens (including phenoxy) is 2. The number of hydrogen-bond donors (Lipinski definition) is 2. The van der Waals surface area contributed by atoms with Gasteiger partial charge in [-0.15, -0.1) is 0 Å². The van der Waals surface area contributed by atoms with E-state index in [0.29, 0.717) is 23.7 Å². The van der Waals surface area contributed by atoms with Crippen LogP contribution in [0.2, 0.25) is 0 Å². The molecule has 3 saturated heterocycles.